The standard InChI is InChI=1S/C16H13BrClN5O2/c1-7(24)21-11-5-8(3-4-20-11)13-12(17)15-14(23-13)9(16(25)19-2)6-10(18)22-15/h3-6,23H,1-2H3,(H,19,25)(H,20,21,24). The predicted octanol–water partition coefficient (Wildman–Crippen LogP) is 3.36. The highest BCUT2D eigenvalue weighted by atomic mass is 79.9. The van der Waals surface area contributed by atoms with Crippen LogP contribution in [-0.2, 0) is 4.79 Å². The van der Waals surface area contributed by atoms with Crippen LogP contribution in [0.15, 0.2) is 28.9 Å². The maximum Gasteiger partial charge on any atom is 0.253 e. The van der Waals surface area contributed by atoms with Crippen molar-refractivity contribution >= 4 is 56.2 Å². The normalized spacial score (nSPS) is 10.7. The summed E-state index contributed by atoms with van der Waals surface area (Å²) in [7, 11) is 1.55. The van der Waals surface area contributed by atoms with Gasteiger partial charge in [-0.15, -0.1) is 0 Å². The second-order valence-corrected chi connectivity index (χ2v) is 6.40. The summed E-state index contributed by atoms with van der Waals surface area (Å²) >= 11 is 9.56. The quantitative estimate of drug-likeness (QED) is 0.564. The van der Waals surface area contributed by atoms with Crippen LogP contribution in [0.4, 0.5) is 5.82 Å². The molecule has 0 saturated carbocycles. The molecule has 0 aromatic carbocycles. The molecule has 3 rings (SSSR count). The summed E-state index contributed by atoms with van der Waals surface area (Å²) in [5.41, 5.74) is 2.95. The van der Waals surface area contributed by atoms with Gasteiger partial charge in [0.25, 0.3) is 5.91 Å². The van der Waals surface area contributed by atoms with E-state index in [9.17, 15) is 9.59 Å². The average Bonchev–Trinajstić information content (AvgIpc) is 2.90. The summed E-state index contributed by atoms with van der Waals surface area (Å²) in [5.74, 6) is -0.0629. The molecule has 3 aromatic rings. The van der Waals surface area contributed by atoms with Crippen molar-refractivity contribution in [2.24, 2.45) is 0 Å². The number of fused-ring (bicyclic) bond motifs is 1. The molecule has 0 aliphatic heterocycles. The van der Waals surface area contributed by atoms with Crippen LogP contribution in [0.3, 0.4) is 0 Å². The Bertz CT molecular complexity index is 1000. The van der Waals surface area contributed by atoms with Gasteiger partial charge in [-0.05, 0) is 34.1 Å². The monoisotopic (exact) mass is 421 g/mol. The van der Waals surface area contributed by atoms with Gasteiger partial charge < -0.3 is 15.6 Å². The van der Waals surface area contributed by atoms with Crippen molar-refractivity contribution in [3.8, 4) is 11.3 Å². The lowest BCUT2D eigenvalue weighted by atomic mass is 10.2. The van der Waals surface area contributed by atoms with Gasteiger partial charge in [-0.3, -0.25) is 9.59 Å². The third kappa shape index (κ3) is 3.35. The van der Waals surface area contributed by atoms with Gasteiger partial charge >= 0.3 is 0 Å². The van der Waals surface area contributed by atoms with E-state index >= 15 is 0 Å². The summed E-state index contributed by atoms with van der Waals surface area (Å²) in [4.78, 5) is 34.9. The van der Waals surface area contributed by atoms with Crippen LogP contribution >= 0.6 is 27.5 Å². The van der Waals surface area contributed by atoms with Crippen molar-refractivity contribution in [3.05, 3.63) is 39.6 Å². The Hall–Kier alpha value is -2.45. The molecule has 2 amide bonds. The van der Waals surface area contributed by atoms with E-state index in [-0.39, 0.29) is 17.0 Å². The number of anilines is 1. The molecule has 0 unspecified atom stereocenters. The number of hydrogen-bond acceptors (Lipinski definition) is 4. The molecule has 3 N–H and O–H groups in total. The minimum absolute atomic E-state index is 0.212. The predicted molar refractivity (Wildman–Crippen MR) is 99.7 cm³/mol. The Balaban J connectivity index is 2.20. The molecule has 3 heterocycles. The van der Waals surface area contributed by atoms with Crippen LogP contribution in [0.2, 0.25) is 5.15 Å². The highest BCUT2D eigenvalue weighted by Crippen LogP contribution is 2.36. The van der Waals surface area contributed by atoms with Crippen molar-refractivity contribution in [2.45, 2.75) is 6.92 Å². The summed E-state index contributed by atoms with van der Waals surface area (Å²) in [6.07, 6.45) is 1.58. The molecule has 3 aromatic heterocycles. The fourth-order valence-corrected chi connectivity index (χ4v) is 3.25. The number of carbonyl (C=O) groups excluding carboxylic acids is 2. The van der Waals surface area contributed by atoms with Crippen molar-refractivity contribution in [2.75, 3.05) is 12.4 Å². The molecular formula is C16H13BrClN5O2. The number of nitrogens with one attached hydrogen (secondary N) is 3. The minimum Gasteiger partial charge on any atom is -0.355 e. The number of pyridine rings is 2. The third-order valence-corrected chi connectivity index (χ3v) is 4.46. The molecule has 25 heavy (non-hydrogen) atoms. The lowest BCUT2D eigenvalue weighted by Gasteiger charge is -2.04. The molecule has 0 atom stereocenters. The molecule has 0 radical (unpaired) electrons. The molecule has 7 nitrogen and oxygen atoms in total. The number of rotatable bonds is 3. The maximum atomic E-state index is 12.1. The number of aromatic nitrogens is 3. The summed E-state index contributed by atoms with van der Waals surface area (Å²) in [6, 6.07) is 5.00. The molecule has 128 valence electrons. The highest BCUT2D eigenvalue weighted by molar-refractivity contribution is 9.10. The summed E-state index contributed by atoms with van der Waals surface area (Å²) < 4.78 is 0.662. The Morgan fingerprint density at radius 3 is 2.76 bits per heavy atom. The molecule has 9 heteroatoms. The number of amides is 2. The molecule has 0 aliphatic carbocycles. The van der Waals surface area contributed by atoms with Crippen LogP contribution in [-0.4, -0.2) is 33.8 Å². The zero-order valence-electron chi connectivity index (χ0n) is 13.3. The van der Waals surface area contributed by atoms with E-state index in [1.54, 1.807) is 25.4 Å². The fourth-order valence-electron chi connectivity index (χ4n) is 2.44. The fraction of sp³-hybridized carbons (Fsp3) is 0.125. The molecule has 0 aliphatic rings. The van der Waals surface area contributed by atoms with E-state index in [0.29, 0.717) is 32.6 Å². The number of carbonyl (C=O) groups is 2. The van der Waals surface area contributed by atoms with Gasteiger partial charge in [0, 0.05) is 25.7 Å². The SMILES string of the molecule is CNC(=O)c1cc(Cl)nc2c(Br)c(-c3ccnc(NC(C)=O)c3)[nH]c12. The van der Waals surface area contributed by atoms with E-state index in [4.69, 9.17) is 11.6 Å². The zero-order chi connectivity index (χ0) is 18.1. The summed E-state index contributed by atoms with van der Waals surface area (Å²) in [6.45, 7) is 1.41. The van der Waals surface area contributed by atoms with Crippen LogP contribution in [0.5, 0.6) is 0 Å². The Kier molecular flexibility index (Phi) is 4.73. The molecule has 0 bridgehead atoms. The van der Waals surface area contributed by atoms with E-state index in [1.165, 1.54) is 13.0 Å². The van der Waals surface area contributed by atoms with Gasteiger partial charge in [-0.2, -0.15) is 0 Å². The maximum absolute atomic E-state index is 12.1. The van der Waals surface area contributed by atoms with E-state index < -0.39 is 0 Å². The topological polar surface area (TPSA) is 99.8 Å². The largest absolute Gasteiger partial charge is 0.355 e. The molecule has 0 saturated heterocycles. The lowest BCUT2D eigenvalue weighted by Crippen LogP contribution is -2.18. The minimum atomic E-state index is -0.275. The number of nitrogens with zero attached hydrogens (tertiary/aromatic N) is 2. The summed E-state index contributed by atoms with van der Waals surface area (Å²) in [5, 5.41) is 5.43. The Labute approximate surface area is 156 Å². The Morgan fingerprint density at radius 1 is 1.32 bits per heavy atom. The third-order valence-electron chi connectivity index (χ3n) is 3.49. The first kappa shape index (κ1) is 17.4. The van der Waals surface area contributed by atoms with E-state index in [0.717, 1.165) is 5.56 Å². The number of aromatic amines is 1. The lowest BCUT2D eigenvalue weighted by molar-refractivity contribution is -0.114. The van der Waals surface area contributed by atoms with Crippen LogP contribution in [0.25, 0.3) is 22.3 Å². The van der Waals surface area contributed by atoms with Gasteiger partial charge in [0.2, 0.25) is 5.91 Å². The van der Waals surface area contributed by atoms with Gasteiger partial charge in [0.05, 0.1) is 21.2 Å². The number of hydrogen-bond donors (Lipinski definition) is 3. The Morgan fingerprint density at radius 2 is 2.08 bits per heavy atom. The second kappa shape index (κ2) is 6.81. The van der Waals surface area contributed by atoms with Crippen LogP contribution < -0.4 is 10.6 Å². The van der Waals surface area contributed by atoms with E-state index in [1.807, 2.05) is 0 Å². The van der Waals surface area contributed by atoms with E-state index in [2.05, 4.69) is 41.5 Å². The first-order valence-corrected chi connectivity index (χ1v) is 8.41. The van der Waals surface area contributed by atoms with Crippen molar-refractivity contribution in [1.29, 1.82) is 0 Å². The van der Waals surface area contributed by atoms with Crippen molar-refractivity contribution in [3.63, 3.8) is 0 Å². The van der Waals surface area contributed by atoms with Gasteiger partial charge in [-0.1, -0.05) is 11.6 Å². The number of halogens is 2. The second-order valence-electron chi connectivity index (χ2n) is 5.22. The average molecular weight is 423 g/mol. The molecule has 0 fully saturated rings. The zero-order valence-corrected chi connectivity index (χ0v) is 15.6. The van der Waals surface area contributed by atoms with Crippen molar-refractivity contribution < 1.29 is 9.59 Å². The van der Waals surface area contributed by atoms with Crippen LogP contribution in [0, 0.1) is 0 Å². The number of H-pyrrole nitrogens is 1. The van der Waals surface area contributed by atoms with Crippen molar-refractivity contribution in [1.82, 2.24) is 20.3 Å². The van der Waals surface area contributed by atoms with Gasteiger partial charge in [0.1, 0.15) is 16.5 Å². The first-order chi connectivity index (χ1) is 11.9. The first-order valence-electron chi connectivity index (χ1n) is 7.24. The van der Waals surface area contributed by atoms with Gasteiger partial charge in [-0.25, -0.2) is 9.97 Å². The molecular weight excluding hydrogens is 410 g/mol. The molecule has 0 spiro atoms. The van der Waals surface area contributed by atoms with Crippen LogP contribution in [0.1, 0.15) is 17.3 Å². The smallest absolute Gasteiger partial charge is 0.253 e. The highest BCUT2D eigenvalue weighted by Gasteiger charge is 2.19. The van der Waals surface area contributed by atoms with Gasteiger partial charge in [0.15, 0.2) is 0 Å².